The molecule has 5 fully saturated rings. The molecule has 10 atom stereocenters. The zero-order valence-electron chi connectivity index (χ0n) is 19.5. The summed E-state index contributed by atoms with van der Waals surface area (Å²) in [5.41, 5.74) is 1.70. The Labute approximate surface area is 187 Å². The van der Waals surface area contributed by atoms with E-state index in [1.54, 1.807) is 11.5 Å². The summed E-state index contributed by atoms with van der Waals surface area (Å²) in [7, 11) is 2.02. The van der Waals surface area contributed by atoms with Gasteiger partial charge in [0.15, 0.2) is 0 Å². The number of fused-ring (bicyclic) bond motifs is 4. The fraction of sp³-hybridized carbons (Fsp3) is 0.889. The van der Waals surface area contributed by atoms with Gasteiger partial charge >= 0.3 is 0 Å². The smallest absolute Gasteiger partial charge is 0.0638 e. The fourth-order valence-electron chi connectivity index (χ4n) is 10.5. The molecule has 1 aromatic rings. The molecule has 3 heteroatoms. The molecule has 0 aliphatic heterocycles. The summed E-state index contributed by atoms with van der Waals surface area (Å²) >= 11 is 1.69. The lowest BCUT2D eigenvalue weighted by molar-refractivity contribution is -0.161. The van der Waals surface area contributed by atoms with Gasteiger partial charge in [-0.05, 0) is 128 Å². The van der Waals surface area contributed by atoms with Crippen molar-refractivity contribution in [3.05, 3.63) is 17.1 Å². The minimum Gasteiger partial charge on any atom is -0.381 e. The number of aryl methyl sites for hydroxylation is 1. The van der Waals surface area contributed by atoms with Crippen molar-refractivity contribution in [3.8, 4) is 0 Å². The number of rotatable bonds is 5. The van der Waals surface area contributed by atoms with E-state index in [0.717, 1.165) is 35.5 Å². The van der Waals surface area contributed by atoms with Crippen LogP contribution in [-0.4, -0.2) is 17.6 Å². The van der Waals surface area contributed by atoms with Crippen molar-refractivity contribution in [2.24, 2.45) is 51.8 Å². The lowest BCUT2D eigenvalue weighted by Crippen LogP contribution is -2.57. The summed E-state index contributed by atoms with van der Waals surface area (Å²) in [4.78, 5) is 1.47. The molecule has 1 unspecified atom stereocenters. The first-order chi connectivity index (χ1) is 14.4. The van der Waals surface area contributed by atoms with Crippen molar-refractivity contribution < 1.29 is 4.74 Å². The van der Waals surface area contributed by atoms with Crippen LogP contribution in [0.25, 0.3) is 0 Å². The summed E-state index contributed by atoms with van der Waals surface area (Å²) in [5.74, 6) is 5.57. The average Bonchev–Trinajstić information content (AvgIpc) is 3.05. The zero-order valence-corrected chi connectivity index (χ0v) is 20.3. The van der Waals surface area contributed by atoms with Crippen molar-refractivity contribution in [1.29, 1.82) is 0 Å². The Morgan fingerprint density at radius 2 is 2.03 bits per heavy atom. The van der Waals surface area contributed by atoms with E-state index >= 15 is 0 Å². The third-order valence-electron chi connectivity index (χ3n) is 11.9. The first kappa shape index (κ1) is 20.2. The van der Waals surface area contributed by atoms with Gasteiger partial charge in [-0.1, -0.05) is 20.8 Å². The Kier molecular flexibility index (Phi) is 4.58. The van der Waals surface area contributed by atoms with Gasteiger partial charge in [0, 0.05) is 23.6 Å². The summed E-state index contributed by atoms with van der Waals surface area (Å²) in [6.45, 7) is 7.97. The maximum atomic E-state index is 6.29. The van der Waals surface area contributed by atoms with Crippen LogP contribution in [0.5, 0.6) is 0 Å². The van der Waals surface area contributed by atoms with Crippen LogP contribution < -0.4 is 0 Å². The SMILES string of the molecule is CO[C@@H]1C[C@H]2[C@@H]3CC[C@H]([C@H](C)CCc4ccns4)[C@@]3(C)CC[C@@H]2[C@@]2(C)CC[C@@H]3CC312. The first-order valence-corrected chi connectivity index (χ1v) is 13.6. The molecule has 30 heavy (non-hydrogen) atoms. The number of nitrogens with zero attached hydrogens (tertiary/aromatic N) is 1. The molecule has 5 saturated carbocycles. The molecule has 5 aliphatic rings. The monoisotopic (exact) mass is 427 g/mol. The van der Waals surface area contributed by atoms with Gasteiger partial charge in [0.05, 0.1) is 6.10 Å². The molecular weight excluding hydrogens is 386 g/mol. The predicted molar refractivity (Wildman–Crippen MR) is 123 cm³/mol. The number of hydrogen-bond donors (Lipinski definition) is 0. The van der Waals surface area contributed by atoms with E-state index in [1.807, 2.05) is 13.3 Å². The maximum Gasteiger partial charge on any atom is 0.0638 e. The van der Waals surface area contributed by atoms with Crippen molar-refractivity contribution >= 4 is 11.5 Å². The van der Waals surface area contributed by atoms with Crippen LogP contribution in [0.1, 0.15) is 83.4 Å². The highest BCUT2D eigenvalue weighted by Gasteiger charge is 2.77. The third kappa shape index (κ3) is 2.49. The van der Waals surface area contributed by atoms with Crippen molar-refractivity contribution in [2.45, 2.75) is 91.1 Å². The molecule has 0 aromatic carbocycles. The van der Waals surface area contributed by atoms with Crippen molar-refractivity contribution in [1.82, 2.24) is 4.37 Å². The van der Waals surface area contributed by atoms with Gasteiger partial charge in [0.2, 0.25) is 0 Å². The predicted octanol–water partition coefficient (Wildman–Crippen LogP) is 7.00. The maximum absolute atomic E-state index is 6.29. The molecule has 1 aromatic heterocycles. The first-order valence-electron chi connectivity index (χ1n) is 12.9. The lowest BCUT2D eigenvalue weighted by Gasteiger charge is -2.61. The van der Waals surface area contributed by atoms with Gasteiger partial charge in [0.25, 0.3) is 0 Å². The van der Waals surface area contributed by atoms with Crippen molar-refractivity contribution in [3.63, 3.8) is 0 Å². The minimum absolute atomic E-state index is 0.543. The highest BCUT2D eigenvalue weighted by Crippen LogP contribution is 2.82. The van der Waals surface area contributed by atoms with Gasteiger partial charge < -0.3 is 4.74 Å². The van der Waals surface area contributed by atoms with Crippen LogP contribution in [-0.2, 0) is 11.2 Å². The largest absolute Gasteiger partial charge is 0.381 e. The standard InChI is InChI=1S/C27H41NOS/c1-17(5-6-19-11-14-28-30-19)21-7-8-22-20-15-24(29-4)27-16-18(27)9-13-26(27,3)23(20)10-12-25(21,22)2/h11,14,17-18,20-24H,5-10,12-13,15-16H2,1-4H3/t17-,18-,20+,21-,22+,23+,24-,25-,26-,27?/m1/s1. The minimum atomic E-state index is 0.543. The fourth-order valence-corrected chi connectivity index (χ4v) is 11.1. The second-order valence-electron chi connectivity index (χ2n) is 12.5. The van der Waals surface area contributed by atoms with Gasteiger partial charge in [-0.2, -0.15) is 0 Å². The van der Waals surface area contributed by atoms with Crippen LogP contribution in [0, 0.1) is 51.8 Å². The molecule has 6 rings (SSSR count). The summed E-state index contributed by atoms with van der Waals surface area (Å²) in [6.07, 6.45) is 16.8. The Balaban J connectivity index is 1.23. The van der Waals surface area contributed by atoms with Crippen LogP contribution in [0.15, 0.2) is 12.3 Å². The number of ether oxygens (including phenoxy) is 1. The molecule has 0 radical (unpaired) electrons. The van der Waals surface area contributed by atoms with Crippen molar-refractivity contribution in [2.75, 3.05) is 7.11 Å². The molecule has 0 bridgehead atoms. The summed E-state index contributed by atoms with van der Waals surface area (Å²) < 4.78 is 10.6. The second-order valence-corrected chi connectivity index (χ2v) is 13.4. The van der Waals surface area contributed by atoms with Gasteiger partial charge in [-0.25, -0.2) is 4.37 Å². The molecule has 2 nitrogen and oxygen atoms in total. The van der Waals surface area contributed by atoms with Crippen LogP contribution in [0.2, 0.25) is 0 Å². The molecule has 5 aliphatic carbocycles. The van der Waals surface area contributed by atoms with Crippen LogP contribution in [0.4, 0.5) is 0 Å². The van der Waals surface area contributed by atoms with Gasteiger partial charge in [0.1, 0.15) is 0 Å². The summed E-state index contributed by atoms with van der Waals surface area (Å²) in [6, 6.07) is 2.22. The quantitative estimate of drug-likeness (QED) is 0.505. The molecule has 0 saturated heterocycles. The van der Waals surface area contributed by atoms with E-state index < -0.39 is 0 Å². The number of methoxy groups -OCH3 is 1. The Morgan fingerprint density at radius 3 is 2.77 bits per heavy atom. The second kappa shape index (κ2) is 6.80. The van der Waals surface area contributed by atoms with E-state index in [9.17, 15) is 0 Å². The molecule has 1 spiro atoms. The van der Waals surface area contributed by atoms with E-state index in [2.05, 4.69) is 31.2 Å². The lowest BCUT2D eigenvalue weighted by atomic mass is 9.45. The molecule has 0 N–H and O–H groups in total. The molecular formula is C27H41NOS. The Morgan fingerprint density at radius 1 is 1.17 bits per heavy atom. The number of hydrogen-bond acceptors (Lipinski definition) is 3. The van der Waals surface area contributed by atoms with E-state index in [4.69, 9.17) is 4.74 Å². The van der Waals surface area contributed by atoms with E-state index in [0.29, 0.717) is 22.3 Å². The molecule has 0 amide bonds. The van der Waals surface area contributed by atoms with E-state index in [-0.39, 0.29) is 0 Å². The Bertz CT molecular complexity index is 793. The number of aromatic nitrogens is 1. The molecule has 166 valence electrons. The van der Waals surface area contributed by atoms with E-state index in [1.165, 1.54) is 69.1 Å². The van der Waals surface area contributed by atoms with Crippen LogP contribution >= 0.6 is 11.5 Å². The zero-order chi connectivity index (χ0) is 20.7. The topological polar surface area (TPSA) is 22.1 Å². The highest BCUT2D eigenvalue weighted by atomic mass is 32.1. The molecule has 1 heterocycles. The average molecular weight is 428 g/mol. The van der Waals surface area contributed by atoms with Gasteiger partial charge in [-0.3, -0.25) is 0 Å². The highest BCUT2D eigenvalue weighted by molar-refractivity contribution is 7.05. The van der Waals surface area contributed by atoms with Gasteiger partial charge in [-0.15, -0.1) is 0 Å². The summed E-state index contributed by atoms with van der Waals surface area (Å²) in [5, 5.41) is 0. The van der Waals surface area contributed by atoms with Crippen LogP contribution in [0.3, 0.4) is 0 Å². The normalized spacial score (nSPS) is 52.3. The third-order valence-corrected chi connectivity index (χ3v) is 12.7. The Hall–Kier alpha value is -0.410.